The number of hydrogen-bond donors (Lipinski definition) is 1. The van der Waals surface area contributed by atoms with Gasteiger partial charge in [-0.3, -0.25) is 4.57 Å². The third-order valence-corrected chi connectivity index (χ3v) is 5.18. The van der Waals surface area contributed by atoms with Crippen LogP contribution in [0.15, 0.2) is 36.7 Å². The van der Waals surface area contributed by atoms with Gasteiger partial charge in [-0.2, -0.15) is 18.4 Å². The molecule has 0 spiro atoms. The second kappa shape index (κ2) is 7.67. The summed E-state index contributed by atoms with van der Waals surface area (Å²) in [5, 5.41) is 19.9. The van der Waals surface area contributed by atoms with Crippen molar-refractivity contribution in [2.75, 3.05) is 11.4 Å². The van der Waals surface area contributed by atoms with Gasteiger partial charge in [-0.15, -0.1) is 0 Å². The van der Waals surface area contributed by atoms with Gasteiger partial charge in [0.05, 0.1) is 17.7 Å². The molecule has 3 aromatic rings. The molecule has 1 fully saturated rings. The summed E-state index contributed by atoms with van der Waals surface area (Å²) in [6.07, 6.45) is -2.02. The number of hydrogen-bond acceptors (Lipinski definition) is 6. The highest BCUT2D eigenvalue weighted by Gasteiger charge is 2.41. The molecule has 160 valence electrons. The van der Waals surface area contributed by atoms with Crippen LogP contribution in [0.25, 0.3) is 5.82 Å². The number of rotatable bonds is 3. The van der Waals surface area contributed by atoms with E-state index in [9.17, 15) is 23.5 Å². The van der Waals surface area contributed by atoms with Crippen molar-refractivity contribution in [2.24, 2.45) is 0 Å². The molecular weight excluding hydrogens is 409 g/mol. The lowest BCUT2D eigenvalue weighted by molar-refractivity contribution is -0.137. The Morgan fingerprint density at radius 2 is 1.97 bits per heavy atom. The van der Waals surface area contributed by atoms with Gasteiger partial charge in [-0.05, 0) is 32.0 Å². The number of alkyl halides is 3. The average Bonchev–Trinajstić information content (AvgIpc) is 3.33. The summed E-state index contributed by atoms with van der Waals surface area (Å²) >= 11 is 0. The number of aliphatic hydroxyl groups is 1. The van der Waals surface area contributed by atoms with Gasteiger partial charge < -0.3 is 10.0 Å². The Balaban J connectivity index is 1.85. The van der Waals surface area contributed by atoms with Crippen LogP contribution < -0.4 is 4.90 Å². The molecule has 1 N–H and O–H groups in total. The molecule has 0 radical (unpaired) electrons. The predicted octanol–water partition coefficient (Wildman–Crippen LogP) is 3.48. The van der Waals surface area contributed by atoms with E-state index in [1.165, 1.54) is 11.8 Å². The maximum Gasteiger partial charge on any atom is 0.417 e. The average molecular weight is 428 g/mol. The molecule has 10 heteroatoms. The molecule has 1 aliphatic heterocycles. The molecule has 1 saturated heterocycles. The van der Waals surface area contributed by atoms with E-state index in [1.54, 1.807) is 29.1 Å². The Morgan fingerprint density at radius 1 is 1.19 bits per heavy atom. The minimum atomic E-state index is -4.70. The molecule has 0 saturated carbocycles. The van der Waals surface area contributed by atoms with Crippen molar-refractivity contribution >= 4 is 5.82 Å². The summed E-state index contributed by atoms with van der Waals surface area (Å²) in [6, 6.07) is 7.42. The minimum absolute atomic E-state index is 0.0290. The zero-order valence-corrected chi connectivity index (χ0v) is 16.8. The molecule has 0 bridgehead atoms. The van der Waals surface area contributed by atoms with E-state index in [4.69, 9.17) is 0 Å². The van der Waals surface area contributed by atoms with Gasteiger partial charge in [-0.1, -0.05) is 6.07 Å². The summed E-state index contributed by atoms with van der Waals surface area (Å²) < 4.78 is 42.5. The lowest BCUT2D eigenvalue weighted by atomic mass is 10.1. The fraction of sp³-hybridized carbons (Fsp3) is 0.333. The number of aliphatic hydroxyl groups excluding tert-OH is 1. The fourth-order valence-electron chi connectivity index (χ4n) is 3.91. The molecule has 4 heterocycles. The summed E-state index contributed by atoms with van der Waals surface area (Å²) in [5.74, 6) is 0.987. The van der Waals surface area contributed by atoms with Gasteiger partial charge in [0.2, 0.25) is 0 Å². The molecule has 4 rings (SSSR count). The number of aryl methyl sites for hydroxylation is 2. The first-order valence-corrected chi connectivity index (χ1v) is 9.60. The maximum atomic E-state index is 13.6. The summed E-state index contributed by atoms with van der Waals surface area (Å²) in [4.78, 5) is 14.7. The molecule has 3 aromatic heterocycles. The molecule has 0 aliphatic carbocycles. The Labute approximate surface area is 176 Å². The second-order valence-corrected chi connectivity index (χ2v) is 7.47. The highest BCUT2D eigenvalue weighted by atomic mass is 19.4. The highest BCUT2D eigenvalue weighted by molar-refractivity contribution is 5.61. The third-order valence-electron chi connectivity index (χ3n) is 5.18. The van der Waals surface area contributed by atoms with E-state index in [1.807, 2.05) is 19.1 Å². The third kappa shape index (κ3) is 3.84. The van der Waals surface area contributed by atoms with E-state index in [0.717, 1.165) is 11.8 Å². The van der Waals surface area contributed by atoms with Crippen LogP contribution in [0.4, 0.5) is 19.0 Å². The summed E-state index contributed by atoms with van der Waals surface area (Å²) in [6.45, 7) is 3.32. The Morgan fingerprint density at radius 3 is 2.65 bits per heavy atom. The van der Waals surface area contributed by atoms with E-state index in [2.05, 4.69) is 15.0 Å². The fourth-order valence-corrected chi connectivity index (χ4v) is 3.91. The second-order valence-electron chi connectivity index (χ2n) is 7.47. The van der Waals surface area contributed by atoms with E-state index < -0.39 is 29.4 Å². The van der Waals surface area contributed by atoms with Crippen molar-refractivity contribution in [1.82, 2.24) is 19.5 Å². The first-order valence-electron chi connectivity index (χ1n) is 9.60. The van der Waals surface area contributed by atoms with E-state index >= 15 is 0 Å². The predicted molar refractivity (Wildman–Crippen MR) is 105 cm³/mol. The van der Waals surface area contributed by atoms with Crippen LogP contribution in [0.1, 0.15) is 40.8 Å². The molecule has 0 aromatic carbocycles. The number of pyridine rings is 2. The first kappa shape index (κ1) is 20.8. The quantitative estimate of drug-likeness (QED) is 0.687. The number of anilines is 1. The standard InChI is InChI=1S/C21H19F3N6O/c1-12-4-3-5-18(27-12)29-7-6-26-20(29)17-9-14(31)11-30(17)19-15(10-25)16(21(22,23)24)8-13(2)28-19/h3-8,14,17,31H,9,11H2,1-2H3/t14-,17-/m0/s1. The van der Waals surface area contributed by atoms with Crippen LogP contribution in [-0.4, -0.2) is 37.3 Å². The topological polar surface area (TPSA) is 90.9 Å². The molecule has 2 atom stereocenters. The molecule has 7 nitrogen and oxygen atoms in total. The lowest BCUT2D eigenvalue weighted by Gasteiger charge is -2.27. The molecule has 1 aliphatic rings. The first-order chi connectivity index (χ1) is 14.7. The maximum absolute atomic E-state index is 13.6. The highest BCUT2D eigenvalue weighted by Crippen LogP contribution is 2.41. The van der Waals surface area contributed by atoms with Crippen LogP contribution >= 0.6 is 0 Å². The van der Waals surface area contributed by atoms with Crippen LogP contribution in [-0.2, 0) is 6.18 Å². The zero-order valence-electron chi connectivity index (χ0n) is 16.8. The van der Waals surface area contributed by atoms with Crippen molar-refractivity contribution in [3.8, 4) is 11.9 Å². The Bertz CT molecular complexity index is 1170. The monoisotopic (exact) mass is 428 g/mol. The van der Waals surface area contributed by atoms with Gasteiger partial charge >= 0.3 is 6.18 Å². The molecule has 0 unspecified atom stereocenters. The van der Waals surface area contributed by atoms with Crippen LogP contribution in [0.3, 0.4) is 0 Å². The van der Waals surface area contributed by atoms with E-state index in [0.29, 0.717) is 11.6 Å². The molecule has 31 heavy (non-hydrogen) atoms. The molecule has 0 amide bonds. The number of nitriles is 1. The SMILES string of the molecule is Cc1cccc(-n2ccnc2[C@@H]2C[C@H](O)CN2c2nc(C)cc(C(F)(F)F)c2C#N)n1. The van der Waals surface area contributed by atoms with Gasteiger partial charge in [0.25, 0.3) is 0 Å². The normalized spacial score (nSPS) is 18.9. The smallest absolute Gasteiger partial charge is 0.391 e. The zero-order chi connectivity index (χ0) is 22.3. The van der Waals surface area contributed by atoms with Gasteiger partial charge in [0.15, 0.2) is 0 Å². The van der Waals surface area contributed by atoms with Crippen molar-refractivity contribution in [3.05, 3.63) is 65.0 Å². The Kier molecular flexibility index (Phi) is 5.15. The summed E-state index contributed by atoms with van der Waals surface area (Å²) in [5.41, 5.74) is -0.683. The molecular formula is C21H19F3N6O. The van der Waals surface area contributed by atoms with Gasteiger partial charge in [0.1, 0.15) is 29.1 Å². The number of imidazole rings is 1. The number of β-amino-alcohol motifs (C(OH)–C–C–N with tert-alkyl or cyclic N) is 1. The van der Waals surface area contributed by atoms with Gasteiger partial charge in [0, 0.05) is 36.7 Å². The Hall–Kier alpha value is -3.45. The number of nitrogens with zero attached hydrogens (tertiary/aromatic N) is 6. The number of halogens is 3. The number of aromatic nitrogens is 4. The van der Waals surface area contributed by atoms with Crippen molar-refractivity contribution in [3.63, 3.8) is 0 Å². The van der Waals surface area contributed by atoms with Crippen molar-refractivity contribution in [1.29, 1.82) is 5.26 Å². The van der Waals surface area contributed by atoms with Crippen molar-refractivity contribution < 1.29 is 18.3 Å². The van der Waals surface area contributed by atoms with Crippen molar-refractivity contribution in [2.45, 2.75) is 38.6 Å². The lowest BCUT2D eigenvalue weighted by Crippen LogP contribution is -2.29. The van der Waals surface area contributed by atoms with Crippen LogP contribution in [0.5, 0.6) is 0 Å². The minimum Gasteiger partial charge on any atom is -0.391 e. The summed E-state index contributed by atoms with van der Waals surface area (Å²) in [7, 11) is 0. The van der Waals surface area contributed by atoms with Crippen LogP contribution in [0.2, 0.25) is 0 Å². The largest absolute Gasteiger partial charge is 0.417 e. The van der Waals surface area contributed by atoms with E-state index in [-0.39, 0.29) is 24.5 Å². The van der Waals surface area contributed by atoms with Gasteiger partial charge in [-0.25, -0.2) is 15.0 Å². The van der Waals surface area contributed by atoms with Crippen LogP contribution in [0, 0.1) is 25.2 Å².